The van der Waals surface area contributed by atoms with Gasteiger partial charge in [-0.1, -0.05) is 0 Å². The van der Waals surface area contributed by atoms with E-state index >= 15 is 0 Å². The number of thiophene rings is 1. The molecule has 5 N–H and O–H groups in total. The van der Waals surface area contributed by atoms with Crippen molar-refractivity contribution in [3.63, 3.8) is 0 Å². The summed E-state index contributed by atoms with van der Waals surface area (Å²) < 4.78 is 26.4. The van der Waals surface area contributed by atoms with E-state index in [9.17, 15) is 13.2 Å². The second-order valence-corrected chi connectivity index (χ2v) is 7.66. The number of nitrogens with one attached hydrogen (secondary N) is 1. The molecule has 0 bridgehead atoms. The third-order valence-electron chi connectivity index (χ3n) is 2.47. The summed E-state index contributed by atoms with van der Waals surface area (Å²) in [4.78, 5) is 11.9. The molecule has 1 heterocycles. The molecule has 0 fully saturated rings. The van der Waals surface area contributed by atoms with Crippen molar-refractivity contribution in [1.82, 2.24) is 4.72 Å². The number of sulfonamides is 1. The van der Waals surface area contributed by atoms with E-state index in [1.807, 2.05) is 0 Å². The quantitative estimate of drug-likeness (QED) is 0.684. The second kappa shape index (κ2) is 5.35. The average molecular weight is 291 g/mol. The first-order chi connectivity index (χ1) is 8.19. The van der Waals surface area contributed by atoms with Gasteiger partial charge in [0.05, 0.1) is 5.41 Å². The number of carbonyl (C=O) groups excluding carboxylic acids is 1. The summed E-state index contributed by atoms with van der Waals surface area (Å²) in [7, 11) is -3.61. The fraction of sp³-hybridized carbons (Fsp3) is 0.500. The van der Waals surface area contributed by atoms with Crippen LogP contribution < -0.4 is 16.2 Å². The highest BCUT2D eigenvalue weighted by molar-refractivity contribution is 7.91. The Morgan fingerprint density at radius 1 is 1.44 bits per heavy atom. The summed E-state index contributed by atoms with van der Waals surface area (Å²) in [6.07, 6.45) is 0. The number of rotatable bonds is 6. The van der Waals surface area contributed by atoms with E-state index in [1.54, 1.807) is 19.9 Å². The molecule has 1 aromatic heterocycles. The SMILES string of the molecule is CC(C)(CNS(=O)(=O)c1ccc(CN)s1)C(N)=O. The van der Waals surface area contributed by atoms with Crippen LogP contribution in [0.5, 0.6) is 0 Å². The lowest BCUT2D eigenvalue weighted by Gasteiger charge is -2.20. The van der Waals surface area contributed by atoms with E-state index in [-0.39, 0.29) is 10.8 Å². The molecule has 0 aliphatic rings. The molecule has 0 saturated carbocycles. The van der Waals surface area contributed by atoms with Crippen LogP contribution in [0, 0.1) is 5.41 Å². The predicted molar refractivity (Wildman–Crippen MR) is 70.4 cm³/mol. The third kappa shape index (κ3) is 3.52. The van der Waals surface area contributed by atoms with E-state index in [4.69, 9.17) is 11.5 Å². The first-order valence-electron chi connectivity index (χ1n) is 5.27. The second-order valence-electron chi connectivity index (χ2n) is 4.50. The lowest BCUT2D eigenvalue weighted by molar-refractivity contribution is -0.125. The predicted octanol–water partition coefficient (Wildman–Crippen LogP) is -0.00340. The minimum atomic E-state index is -3.61. The molecule has 102 valence electrons. The molecule has 6 nitrogen and oxygen atoms in total. The van der Waals surface area contributed by atoms with Crippen molar-refractivity contribution in [2.45, 2.75) is 24.6 Å². The highest BCUT2D eigenvalue weighted by Gasteiger charge is 2.28. The van der Waals surface area contributed by atoms with Gasteiger partial charge in [-0.2, -0.15) is 0 Å². The monoisotopic (exact) mass is 291 g/mol. The van der Waals surface area contributed by atoms with Crippen LogP contribution in [0.3, 0.4) is 0 Å². The number of carbonyl (C=O) groups is 1. The molecule has 0 spiro atoms. The number of hydrogen-bond acceptors (Lipinski definition) is 5. The fourth-order valence-corrected chi connectivity index (χ4v) is 3.54. The lowest BCUT2D eigenvalue weighted by atomic mass is 9.93. The van der Waals surface area contributed by atoms with E-state index < -0.39 is 21.3 Å². The molecular formula is C10H17N3O3S2. The molecule has 0 aromatic carbocycles. The molecular weight excluding hydrogens is 274 g/mol. The van der Waals surface area contributed by atoms with Crippen LogP contribution in [0.2, 0.25) is 0 Å². The fourth-order valence-electron chi connectivity index (χ4n) is 1.05. The number of primary amides is 1. The number of hydrogen-bond donors (Lipinski definition) is 3. The topological polar surface area (TPSA) is 115 Å². The summed E-state index contributed by atoms with van der Waals surface area (Å²) in [5.41, 5.74) is 9.67. The van der Waals surface area contributed by atoms with Crippen molar-refractivity contribution >= 4 is 27.3 Å². The van der Waals surface area contributed by atoms with Gasteiger partial charge in [-0.3, -0.25) is 4.79 Å². The van der Waals surface area contributed by atoms with Crippen LogP contribution in [0.1, 0.15) is 18.7 Å². The lowest BCUT2D eigenvalue weighted by Crippen LogP contribution is -2.42. The average Bonchev–Trinajstić information content (AvgIpc) is 2.75. The molecule has 0 radical (unpaired) electrons. The highest BCUT2D eigenvalue weighted by atomic mass is 32.2. The van der Waals surface area contributed by atoms with E-state index in [0.717, 1.165) is 16.2 Å². The Morgan fingerprint density at radius 2 is 2.06 bits per heavy atom. The maximum Gasteiger partial charge on any atom is 0.250 e. The molecule has 8 heteroatoms. The van der Waals surface area contributed by atoms with Crippen LogP contribution >= 0.6 is 11.3 Å². The van der Waals surface area contributed by atoms with E-state index in [2.05, 4.69) is 4.72 Å². The zero-order valence-electron chi connectivity index (χ0n) is 10.3. The van der Waals surface area contributed by atoms with Crippen molar-refractivity contribution in [3.8, 4) is 0 Å². The summed E-state index contributed by atoms with van der Waals surface area (Å²) >= 11 is 1.11. The molecule has 0 aliphatic heterocycles. The largest absolute Gasteiger partial charge is 0.369 e. The summed E-state index contributed by atoms with van der Waals surface area (Å²) in [5.74, 6) is -0.556. The van der Waals surface area contributed by atoms with Crippen molar-refractivity contribution in [3.05, 3.63) is 17.0 Å². The van der Waals surface area contributed by atoms with Gasteiger partial charge in [0.1, 0.15) is 4.21 Å². The van der Waals surface area contributed by atoms with Gasteiger partial charge in [-0.05, 0) is 26.0 Å². The highest BCUT2D eigenvalue weighted by Crippen LogP contribution is 2.22. The Morgan fingerprint density at radius 3 is 2.50 bits per heavy atom. The van der Waals surface area contributed by atoms with Crippen molar-refractivity contribution in [1.29, 1.82) is 0 Å². The summed E-state index contributed by atoms with van der Waals surface area (Å²) in [6.45, 7) is 3.42. The van der Waals surface area contributed by atoms with Gasteiger partial charge in [-0.15, -0.1) is 11.3 Å². The molecule has 0 unspecified atom stereocenters. The van der Waals surface area contributed by atoms with Crippen LogP contribution in [0.15, 0.2) is 16.3 Å². The molecule has 1 rings (SSSR count). The van der Waals surface area contributed by atoms with Gasteiger partial charge in [0.25, 0.3) is 0 Å². The van der Waals surface area contributed by atoms with Gasteiger partial charge < -0.3 is 11.5 Å². The van der Waals surface area contributed by atoms with E-state index in [1.165, 1.54) is 6.07 Å². The van der Waals surface area contributed by atoms with E-state index in [0.29, 0.717) is 6.54 Å². The zero-order chi connectivity index (χ0) is 14.0. The van der Waals surface area contributed by atoms with Crippen LogP contribution in [-0.4, -0.2) is 20.9 Å². The standard InChI is InChI=1S/C10H17N3O3S2/c1-10(2,9(12)14)6-13-18(15,16)8-4-3-7(5-11)17-8/h3-4,13H,5-6,11H2,1-2H3,(H2,12,14). The minimum Gasteiger partial charge on any atom is -0.369 e. The Balaban J connectivity index is 2.80. The molecule has 0 saturated heterocycles. The van der Waals surface area contributed by atoms with Crippen LogP contribution in [0.4, 0.5) is 0 Å². The van der Waals surface area contributed by atoms with Gasteiger partial charge in [-0.25, -0.2) is 13.1 Å². The summed E-state index contributed by atoms with van der Waals surface area (Å²) in [5, 5.41) is 0. The Hall–Kier alpha value is -0.960. The minimum absolute atomic E-state index is 0.0411. The van der Waals surface area contributed by atoms with Crippen LogP contribution in [-0.2, 0) is 21.4 Å². The number of nitrogens with two attached hydrogens (primary N) is 2. The normalized spacial score (nSPS) is 12.6. The first-order valence-corrected chi connectivity index (χ1v) is 7.57. The molecule has 1 amide bonds. The number of amides is 1. The van der Waals surface area contributed by atoms with Gasteiger partial charge in [0, 0.05) is 18.0 Å². The smallest absolute Gasteiger partial charge is 0.250 e. The van der Waals surface area contributed by atoms with Gasteiger partial charge in [0.2, 0.25) is 15.9 Å². The van der Waals surface area contributed by atoms with Crippen molar-refractivity contribution < 1.29 is 13.2 Å². The summed E-state index contributed by atoms with van der Waals surface area (Å²) in [6, 6.07) is 3.16. The molecule has 0 atom stereocenters. The molecule has 1 aromatic rings. The van der Waals surface area contributed by atoms with Crippen molar-refractivity contribution in [2.75, 3.05) is 6.54 Å². The maximum atomic E-state index is 11.9. The third-order valence-corrected chi connectivity index (χ3v) is 5.47. The Kier molecular flexibility index (Phi) is 4.49. The van der Waals surface area contributed by atoms with Gasteiger partial charge >= 0.3 is 0 Å². The first kappa shape index (κ1) is 15.1. The van der Waals surface area contributed by atoms with Gasteiger partial charge in [0.15, 0.2) is 0 Å². The molecule has 0 aliphatic carbocycles. The van der Waals surface area contributed by atoms with Crippen molar-refractivity contribution in [2.24, 2.45) is 16.9 Å². The zero-order valence-corrected chi connectivity index (χ0v) is 11.9. The Labute approximate surface area is 110 Å². The molecule has 18 heavy (non-hydrogen) atoms. The van der Waals surface area contributed by atoms with Crippen LogP contribution in [0.25, 0.3) is 0 Å². The maximum absolute atomic E-state index is 11.9. The Bertz CT molecular complexity index is 534.